The highest BCUT2D eigenvalue weighted by atomic mass is 16.2. The lowest BCUT2D eigenvalue weighted by Gasteiger charge is -2.47. The SMILES string of the molecule is CCN(CC)C(=O)CC1(C2CCCCC2)CCN(C=O)CC1. The summed E-state index contributed by atoms with van der Waals surface area (Å²) in [5.41, 5.74) is 0.138. The summed E-state index contributed by atoms with van der Waals surface area (Å²) in [7, 11) is 0. The van der Waals surface area contributed by atoms with Gasteiger partial charge >= 0.3 is 0 Å². The van der Waals surface area contributed by atoms with Crippen molar-refractivity contribution in [2.45, 2.75) is 65.2 Å². The second kappa shape index (κ2) is 7.98. The van der Waals surface area contributed by atoms with Crippen LogP contribution in [0.2, 0.25) is 0 Å². The lowest BCUT2D eigenvalue weighted by atomic mass is 9.62. The Morgan fingerprint density at radius 3 is 2.23 bits per heavy atom. The molecular weight excluding hydrogens is 276 g/mol. The summed E-state index contributed by atoms with van der Waals surface area (Å²) in [6.45, 7) is 7.37. The minimum Gasteiger partial charge on any atom is -0.345 e. The molecule has 0 unspecified atom stereocenters. The van der Waals surface area contributed by atoms with Gasteiger partial charge in [0.2, 0.25) is 12.3 Å². The van der Waals surface area contributed by atoms with Crippen LogP contribution in [-0.4, -0.2) is 48.3 Å². The number of rotatable bonds is 6. The normalized spacial score (nSPS) is 22.4. The van der Waals surface area contributed by atoms with E-state index < -0.39 is 0 Å². The molecule has 4 heteroatoms. The zero-order valence-electron chi connectivity index (χ0n) is 14.4. The van der Waals surface area contributed by atoms with E-state index >= 15 is 0 Å². The average molecular weight is 308 g/mol. The first-order valence-electron chi connectivity index (χ1n) is 9.12. The smallest absolute Gasteiger partial charge is 0.223 e. The van der Waals surface area contributed by atoms with Crippen LogP contribution in [0.5, 0.6) is 0 Å². The first-order chi connectivity index (χ1) is 10.6. The third-order valence-corrected chi connectivity index (χ3v) is 6.03. The van der Waals surface area contributed by atoms with Crippen LogP contribution in [-0.2, 0) is 9.59 Å². The van der Waals surface area contributed by atoms with Crippen molar-refractivity contribution in [1.82, 2.24) is 9.80 Å². The van der Waals surface area contributed by atoms with Crippen molar-refractivity contribution in [1.29, 1.82) is 0 Å². The standard InChI is InChI=1S/C18H32N2O2/c1-3-20(4-2)17(22)14-18(16-8-6-5-7-9-16)10-12-19(15-21)13-11-18/h15-16H,3-14H2,1-2H3. The predicted octanol–water partition coefficient (Wildman–Crippen LogP) is 3.06. The second-order valence-corrected chi connectivity index (χ2v) is 7.08. The maximum absolute atomic E-state index is 12.7. The minimum atomic E-state index is 0.138. The van der Waals surface area contributed by atoms with Crippen LogP contribution < -0.4 is 0 Å². The molecule has 0 bridgehead atoms. The van der Waals surface area contributed by atoms with Crippen molar-refractivity contribution >= 4 is 12.3 Å². The zero-order valence-corrected chi connectivity index (χ0v) is 14.4. The molecule has 22 heavy (non-hydrogen) atoms. The molecule has 1 saturated heterocycles. The number of hydrogen-bond donors (Lipinski definition) is 0. The number of hydrogen-bond acceptors (Lipinski definition) is 2. The molecule has 1 heterocycles. The highest BCUT2D eigenvalue weighted by molar-refractivity contribution is 5.77. The van der Waals surface area contributed by atoms with Gasteiger partial charge < -0.3 is 9.80 Å². The van der Waals surface area contributed by atoms with E-state index in [2.05, 4.69) is 13.8 Å². The van der Waals surface area contributed by atoms with Crippen molar-refractivity contribution in [2.24, 2.45) is 11.3 Å². The van der Waals surface area contributed by atoms with Crippen molar-refractivity contribution in [3.05, 3.63) is 0 Å². The summed E-state index contributed by atoms with van der Waals surface area (Å²) in [4.78, 5) is 27.6. The fourth-order valence-electron chi connectivity index (χ4n) is 4.51. The first-order valence-corrected chi connectivity index (χ1v) is 9.12. The summed E-state index contributed by atoms with van der Waals surface area (Å²) in [6, 6.07) is 0. The molecule has 2 amide bonds. The molecule has 0 N–H and O–H groups in total. The number of carbonyl (C=O) groups is 2. The molecule has 2 aliphatic rings. The van der Waals surface area contributed by atoms with Gasteiger partial charge in [0.15, 0.2) is 0 Å². The van der Waals surface area contributed by atoms with Gasteiger partial charge in [-0.15, -0.1) is 0 Å². The van der Waals surface area contributed by atoms with E-state index in [9.17, 15) is 9.59 Å². The Morgan fingerprint density at radius 2 is 1.73 bits per heavy atom. The third-order valence-electron chi connectivity index (χ3n) is 6.03. The van der Waals surface area contributed by atoms with Gasteiger partial charge in [-0.1, -0.05) is 19.3 Å². The van der Waals surface area contributed by atoms with Crippen LogP contribution in [0.15, 0.2) is 0 Å². The molecule has 126 valence electrons. The molecule has 0 aromatic heterocycles. The van der Waals surface area contributed by atoms with Gasteiger partial charge in [-0.3, -0.25) is 9.59 Å². The van der Waals surface area contributed by atoms with E-state index in [0.29, 0.717) is 18.2 Å². The van der Waals surface area contributed by atoms with E-state index in [0.717, 1.165) is 45.4 Å². The van der Waals surface area contributed by atoms with E-state index in [1.165, 1.54) is 32.1 Å². The highest BCUT2D eigenvalue weighted by Crippen LogP contribution is 2.48. The maximum atomic E-state index is 12.7. The van der Waals surface area contributed by atoms with Gasteiger partial charge in [0.1, 0.15) is 0 Å². The predicted molar refractivity (Wildman–Crippen MR) is 88.4 cm³/mol. The minimum absolute atomic E-state index is 0.138. The van der Waals surface area contributed by atoms with E-state index in [4.69, 9.17) is 0 Å². The summed E-state index contributed by atoms with van der Waals surface area (Å²) in [5, 5.41) is 0. The molecule has 2 fully saturated rings. The van der Waals surface area contributed by atoms with Crippen molar-refractivity contribution < 1.29 is 9.59 Å². The van der Waals surface area contributed by atoms with E-state index in [1.54, 1.807) is 0 Å². The maximum Gasteiger partial charge on any atom is 0.223 e. The van der Waals surface area contributed by atoms with Crippen LogP contribution in [0.3, 0.4) is 0 Å². The monoisotopic (exact) mass is 308 g/mol. The van der Waals surface area contributed by atoms with Crippen molar-refractivity contribution in [3.63, 3.8) is 0 Å². The largest absolute Gasteiger partial charge is 0.345 e. The van der Waals surface area contributed by atoms with Gasteiger partial charge in [-0.05, 0) is 50.9 Å². The fraction of sp³-hybridized carbons (Fsp3) is 0.889. The van der Waals surface area contributed by atoms with Crippen LogP contribution in [0.4, 0.5) is 0 Å². The van der Waals surface area contributed by atoms with Crippen LogP contribution in [0.1, 0.15) is 65.2 Å². The van der Waals surface area contributed by atoms with E-state index in [-0.39, 0.29) is 5.41 Å². The van der Waals surface area contributed by atoms with Crippen molar-refractivity contribution in [3.8, 4) is 0 Å². The third kappa shape index (κ3) is 3.82. The lowest BCUT2D eigenvalue weighted by Crippen LogP contribution is -2.47. The molecule has 0 radical (unpaired) electrons. The Labute approximate surface area is 135 Å². The molecule has 1 aliphatic carbocycles. The molecular formula is C18H32N2O2. The molecule has 4 nitrogen and oxygen atoms in total. The average Bonchev–Trinajstić information content (AvgIpc) is 2.57. The van der Waals surface area contributed by atoms with Crippen molar-refractivity contribution in [2.75, 3.05) is 26.2 Å². The molecule has 0 aromatic rings. The summed E-state index contributed by atoms with van der Waals surface area (Å²) in [5.74, 6) is 0.990. The molecule has 0 aromatic carbocycles. The summed E-state index contributed by atoms with van der Waals surface area (Å²) in [6.07, 6.45) is 10.2. The molecule has 1 aliphatic heterocycles. The van der Waals surface area contributed by atoms with Crippen LogP contribution in [0, 0.1) is 11.3 Å². The molecule has 1 saturated carbocycles. The van der Waals surface area contributed by atoms with Gasteiger partial charge in [0.05, 0.1) is 0 Å². The number of amides is 2. The van der Waals surface area contributed by atoms with Crippen LogP contribution in [0.25, 0.3) is 0 Å². The quantitative estimate of drug-likeness (QED) is 0.708. The number of likely N-dealkylation sites (tertiary alicyclic amines) is 1. The van der Waals surface area contributed by atoms with Crippen LogP contribution >= 0.6 is 0 Å². The molecule has 0 spiro atoms. The highest BCUT2D eigenvalue weighted by Gasteiger charge is 2.43. The first kappa shape index (κ1) is 17.3. The fourth-order valence-corrected chi connectivity index (χ4v) is 4.51. The van der Waals surface area contributed by atoms with Gasteiger partial charge in [-0.25, -0.2) is 0 Å². The number of nitrogens with zero attached hydrogens (tertiary/aromatic N) is 2. The van der Waals surface area contributed by atoms with Gasteiger partial charge in [-0.2, -0.15) is 0 Å². The lowest BCUT2D eigenvalue weighted by molar-refractivity contribution is -0.136. The Bertz CT molecular complexity index is 365. The Kier molecular flexibility index (Phi) is 6.27. The summed E-state index contributed by atoms with van der Waals surface area (Å²) >= 11 is 0. The topological polar surface area (TPSA) is 40.6 Å². The zero-order chi connectivity index (χ0) is 16.0. The number of carbonyl (C=O) groups excluding carboxylic acids is 2. The Balaban J connectivity index is 2.11. The molecule has 0 atom stereocenters. The van der Waals surface area contributed by atoms with Gasteiger partial charge in [0.25, 0.3) is 0 Å². The second-order valence-electron chi connectivity index (χ2n) is 7.08. The van der Waals surface area contributed by atoms with E-state index in [1.807, 2.05) is 9.80 Å². The Hall–Kier alpha value is -1.06. The van der Waals surface area contributed by atoms with Gasteiger partial charge in [0, 0.05) is 32.6 Å². The Morgan fingerprint density at radius 1 is 1.14 bits per heavy atom. The summed E-state index contributed by atoms with van der Waals surface area (Å²) < 4.78 is 0. The number of piperidine rings is 1. The molecule has 2 rings (SSSR count).